The lowest BCUT2D eigenvalue weighted by Crippen LogP contribution is -2.53. The molecule has 0 aliphatic heterocycles. The van der Waals surface area contributed by atoms with Crippen molar-refractivity contribution in [2.45, 2.75) is 32.1 Å². The molecule has 1 nitrogen and oxygen atoms in total. The molecule has 0 heterocycles. The van der Waals surface area contributed by atoms with E-state index in [1.807, 2.05) is 0 Å². The van der Waals surface area contributed by atoms with Gasteiger partial charge in [-0.15, -0.1) is 0 Å². The number of alkyl halides is 7. The topological polar surface area (TPSA) is 9.23 Å². The summed E-state index contributed by atoms with van der Waals surface area (Å²) in [6.07, 6.45) is -12.6. The van der Waals surface area contributed by atoms with E-state index in [-0.39, 0.29) is 0 Å². The van der Waals surface area contributed by atoms with E-state index >= 15 is 0 Å². The maximum Gasteiger partial charge on any atom is 0.462 e. The van der Waals surface area contributed by atoms with E-state index in [1.54, 1.807) is 0 Å². The second-order valence-corrected chi connectivity index (χ2v) is 2.60. The Kier molecular flexibility index (Phi) is 3.42. The van der Waals surface area contributed by atoms with E-state index in [4.69, 9.17) is 0 Å². The summed E-state index contributed by atoms with van der Waals surface area (Å²) in [7, 11) is 0. The maximum absolute atomic E-state index is 12.2. The van der Waals surface area contributed by atoms with Gasteiger partial charge in [-0.25, -0.2) is 0 Å². The summed E-state index contributed by atoms with van der Waals surface area (Å²) >= 11 is 0. The molecular formula is C6H6F7O. The second kappa shape index (κ2) is 3.56. The minimum atomic E-state index is -6.36. The molecule has 0 rings (SSSR count). The predicted octanol–water partition coefficient (Wildman–Crippen LogP) is 3.37. The SMILES string of the molecule is C[C](C)OC(F)(F)C(F)(F)C(F)(F)F. The smallest absolute Gasteiger partial charge is 0.306 e. The Morgan fingerprint density at radius 1 is 0.857 bits per heavy atom. The summed E-state index contributed by atoms with van der Waals surface area (Å²) in [5.74, 6) is -6.21. The Morgan fingerprint density at radius 3 is 1.43 bits per heavy atom. The van der Waals surface area contributed by atoms with E-state index in [0.717, 1.165) is 13.8 Å². The lowest BCUT2D eigenvalue weighted by atomic mass is 10.3. The zero-order valence-corrected chi connectivity index (χ0v) is 7.05. The molecule has 0 saturated heterocycles. The average Bonchev–Trinajstić information content (AvgIpc) is 1.80. The zero-order valence-electron chi connectivity index (χ0n) is 7.05. The third kappa shape index (κ3) is 2.49. The molecule has 0 bridgehead atoms. The van der Waals surface area contributed by atoms with Gasteiger partial charge in [0.1, 0.15) is 0 Å². The first kappa shape index (κ1) is 13.5. The summed E-state index contributed by atoms with van der Waals surface area (Å²) < 4.78 is 86.1. The molecule has 0 aliphatic carbocycles. The summed E-state index contributed by atoms with van der Waals surface area (Å²) in [4.78, 5) is 0. The van der Waals surface area contributed by atoms with Crippen molar-refractivity contribution in [1.29, 1.82) is 0 Å². The van der Waals surface area contributed by atoms with Gasteiger partial charge in [-0.1, -0.05) is 0 Å². The minimum Gasteiger partial charge on any atom is -0.306 e. The molecule has 0 N–H and O–H groups in total. The Balaban J connectivity index is 4.88. The fourth-order valence-corrected chi connectivity index (χ4v) is 0.485. The van der Waals surface area contributed by atoms with Gasteiger partial charge in [0.15, 0.2) is 0 Å². The van der Waals surface area contributed by atoms with Crippen molar-refractivity contribution in [3.63, 3.8) is 0 Å². The monoisotopic (exact) mass is 227 g/mol. The molecule has 8 heteroatoms. The summed E-state index contributed by atoms with van der Waals surface area (Å²) in [6, 6.07) is 0. The third-order valence-corrected chi connectivity index (χ3v) is 1.05. The van der Waals surface area contributed by atoms with Crippen LogP contribution >= 0.6 is 0 Å². The molecule has 14 heavy (non-hydrogen) atoms. The molecule has 0 atom stereocenters. The van der Waals surface area contributed by atoms with Crippen LogP contribution in [0.15, 0.2) is 0 Å². The Labute approximate surface area is 74.8 Å². The standard InChI is InChI=1S/C6H6F7O/c1-3(2)14-6(12,13)4(7,8)5(9,10)11/h1-2H3. The van der Waals surface area contributed by atoms with Crippen LogP contribution in [0.1, 0.15) is 13.8 Å². The maximum atomic E-state index is 12.2. The molecule has 0 fully saturated rings. The second-order valence-electron chi connectivity index (χ2n) is 2.60. The van der Waals surface area contributed by atoms with Gasteiger partial charge in [0.25, 0.3) is 0 Å². The molecule has 0 spiro atoms. The van der Waals surface area contributed by atoms with E-state index in [2.05, 4.69) is 4.74 Å². The molecule has 1 radical (unpaired) electrons. The van der Waals surface area contributed by atoms with Gasteiger partial charge in [0, 0.05) is 0 Å². The van der Waals surface area contributed by atoms with Gasteiger partial charge >= 0.3 is 18.2 Å². The van der Waals surface area contributed by atoms with Crippen molar-refractivity contribution in [1.82, 2.24) is 0 Å². The summed E-state index contributed by atoms with van der Waals surface area (Å²) in [6.45, 7) is 1.67. The Hall–Kier alpha value is -0.530. The van der Waals surface area contributed by atoms with Crippen LogP contribution in [0.4, 0.5) is 30.7 Å². The molecule has 0 aliphatic rings. The average molecular weight is 227 g/mol. The van der Waals surface area contributed by atoms with Crippen LogP contribution in [0.5, 0.6) is 0 Å². The summed E-state index contributed by atoms with van der Waals surface area (Å²) in [5, 5.41) is 0. The number of ether oxygens (including phenoxy) is 1. The van der Waals surface area contributed by atoms with Gasteiger partial charge in [-0.05, 0) is 13.8 Å². The van der Waals surface area contributed by atoms with E-state index in [1.165, 1.54) is 0 Å². The van der Waals surface area contributed by atoms with Crippen LogP contribution in [0, 0.1) is 6.10 Å². The highest BCUT2D eigenvalue weighted by molar-refractivity contribution is 4.86. The highest BCUT2D eigenvalue weighted by Gasteiger charge is 2.74. The van der Waals surface area contributed by atoms with Crippen molar-refractivity contribution in [2.24, 2.45) is 0 Å². The third-order valence-electron chi connectivity index (χ3n) is 1.05. The van der Waals surface area contributed by atoms with Crippen LogP contribution in [-0.4, -0.2) is 18.2 Å². The Morgan fingerprint density at radius 2 is 1.21 bits per heavy atom. The van der Waals surface area contributed by atoms with Crippen LogP contribution in [-0.2, 0) is 4.74 Å². The quantitative estimate of drug-likeness (QED) is 0.671. The molecule has 85 valence electrons. The molecule has 0 amide bonds. The lowest BCUT2D eigenvalue weighted by molar-refractivity contribution is -0.420. The number of halogens is 7. The van der Waals surface area contributed by atoms with Gasteiger partial charge in [0.2, 0.25) is 0 Å². The van der Waals surface area contributed by atoms with Crippen LogP contribution in [0.3, 0.4) is 0 Å². The van der Waals surface area contributed by atoms with E-state index in [9.17, 15) is 30.7 Å². The largest absolute Gasteiger partial charge is 0.462 e. The van der Waals surface area contributed by atoms with Crippen LogP contribution in [0.25, 0.3) is 0 Å². The number of hydrogen-bond acceptors (Lipinski definition) is 1. The number of rotatable bonds is 3. The molecule has 0 unspecified atom stereocenters. The lowest BCUT2D eigenvalue weighted by Gasteiger charge is -2.28. The molecular weight excluding hydrogens is 221 g/mol. The molecule has 0 saturated carbocycles. The van der Waals surface area contributed by atoms with Crippen LogP contribution in [0.2, 0.25) is 0 Å². The summed E-state index contributed by atoms with van der Waals surface area (Å²) in [5.41, 5.74) is 0. The van der Waals surface area contributed by atoms with Gasteiger partial charge in [-0.3, -0.25) is 0 Å². The van der Waals surface area contributed by atoms with Gasteiger partial charge < -0.3 is 4.74 Å². The first-order valence-electron chi connectivity index (χ1n) is 3.23. The fourth-order valence-electron chi connectivity index (χ4n) is 0.485. The van der Waals surface area contributed by atoms with Gasteiger partial charge in [0.05, 0.1) is 6.10 Å². The molecule has 0 aromatic heterocycles. The Bertz CT molecular complexity index is 195. The highest BCUT2D eigenvalue weighted by Crippen LogP contribution is 2.47. The van der Waals surface area contributed by atoms with Crippen molar-refractivity contribution in [3.8, 4) is 0 Å². The normalized spacial score (nSPS) is 15.0. The molecule has 0 aromatic rings. The van der Waals surface area contributed by atoms with Crippen molar-refractivity contribution in [2.75, 3.05) is 0 Å². The highest BCUT2D eigenvalue weighted by atomic mass is 19.4. The molecule has 0 aromatic carbocycles. The van der Waals surface area contributed by atoms with E-state index < -0.39 is 24.3 Å². The zero-order chi connectivity index (χ0) is 11.8. The van der Waals surface area contributed by atoms with E-state index in [0.29, 0.717) is 0 Å². The predicted molar refractivity (Wildman–Crippen MR) is 31.6 cm³/mol. The fraction of sp³-hybridized carbons (Fsp3) is 0.833. The van der Waals surface area contributed by atoms with Crippen molar-refractivity contribution in [3.05, 3.63) is 6.10 Å². The van der Waals surface area contributed by atoms with Crippen molar-refractivity contribution < 1.29 is 35.5 Å². The van der Waals surface area contributed by atoms with Gasteiger partial charge in [-0.2, -0.15) is 30.7 Å². The first-order valence-corrected chi connectivity index (χ1v) is 3.23. The first-order chi connectivity index (χ1) is 5.92. The van der Waals surface area contributed by atoms with Crippen LogP contribution < -0.4 is 0 Å². The minimum absolute atomic E-state index is 0.695. The van der Waals surface area contributed by atoms with Crippen molar-refractivity contribution >= 4 is 0 Å². The number of hydrogen-bond donors (Lipinski definition) is 0.